The van der Waals surface area contributed by atoms with Crippen LogP contribution in [-0.2, 0) is 51.2 Å². The van der Waals surface area contributed by atoms with Gasteiger partial charge in [-0.25, -0.2) is 0 Å². The molecule has 0 bridgehead atoms. The lowest BCUT2D eigenvalue weighted by molar-refractivity contribution is -0.0223. The van der Waals surface area contributed by atoms with Gasteiger partial charge in [-0.05, 0) is 23.6 Å². The predicted octanol–water partition coefficient (Wildman–Crippen LogP) is 0.815. The predicted molar refractivity (Wildman–Crippen MR) is 83.4 cm³/mol. The van der Waals surface area contributed by atoms with Crippen molar-refractivity contribution < 1.29 is 40.1 Å². The Bertz CT molecular complexity index is 523. The zero-order valence-electron chi connectivity index (χ0n) is 13.3. The summed E-state index contributed by atoms with van der Waals surface area (Å²) in [4.78, 5) is 20.4. The highest BCUT2D eigenvalue weighted by Gasteiger charge is 2.40. The number of ether oxygens (including phenoxy) is 2. The largest absolute Gasteiger partial charge is 0.373 e. The molecule has 0 spiro atoms. The van der Waals surface area contributed by atoms with Crippen molar-refractivity contribution in [3.05, 3.63) is 0 Å². The summed E-state index contributed by atoms with van der Waals surface area (Å²) in [5.74, 6) is 0. The van der Waals surface area contributed by atoms with Crippen LogP contribution in [0.1, 0.15) is 15.6 Å². The molecule has 0 saturated carbocycles. The van der Waals surface area contributed by atoms with Crippen molar-refractivity contribution in [1.82, 2.24) is 0 Å². The summed E-state index contributed by atoms with van der Waals surface area (Å²) in [6.07, 6.45) is -2.57. The normalized spacial score (nSPS) is 58.6. The maximum absolute atomic E-state index is 10.2. The van der Waals surface area contributed by atoms with E-state index in [4.69, 9.17) is 53.9 Å². The van der Waals surface area contributed by atoms with Gasteiger partial charge in [0, 0.05) is 26.0 Å². The standard InChI is InChI=1S/C10H18O8P2S2/c11-19(21)16-6-10-8(2-4-14-10)18-20(12,22)15-5-9-7(17-19)1-3-13-9/h7-10H,1-6H2,(H,11,21)(H,12,22)/t7-,8-,9+,10+,19?,20?/m0/s1/i3T,4T/t3-,4-,7-,8-,9+,10+,19?,20?. The zero-order chi connectivity index (χ0) is 17.5. The van der Waals surface area contributed by atoms with Gasteiger partial charge < -0.3 is 37.4 Å². The fraction of sp³-hybridized carbons (Fsp3) is 1.00. The molecule has 8 nitrogen and oxygen atoms in total. The molecule has 12 heteroatoms. The first-order chi connectivity index (χ1) is 11.1. The lowest BCUT2D eigenvalue weighted by Gasteiger charge is -2.29. The summed E-state index contributed by atoms with van der Waals surface area (Å²) in [7, 11) is 0. The van der Waals surface area contributed by atoms with Crippen molar-refractivity contribution in [2.75, 3.05) is 26.4 Å². The fourth-order valence-corrected chi connectivity index (χ4v) is 5.23. The average Bonchev–Trinajstić information content (AvgIpc) is 2.95. The van der Waals surface area contributed by atoms with Crippen LogP contribution >= 0.6 is 13.4 Å². The van der Waals surface area contributed by atoms with E-state index in [-0.39, 0.29) is 26.1 Å². The van der Waals surface area contributed by atoms with E-state index in [1.165, 1.54) is 0 Å². The van der Waals surface area contributed by atoms with Crippen molar-refractivity contribution >= 4 is 37.1 Å². The number of fused-ring (bicyclic) bond motifs is 2. The molecule has 3 aliphatic heterocycles. The highest BCUT2D eigenvalue weighted by atomic mass is 32.5. The SMILES string of the molecule is [3H][C@H]1C[C@@H]2OP(O)(=S)OC[C@H]3O[C@@H]([3H])C[C@@H]3OP(O)(=S)OC[C@H]2O1. The minimum Gasteiger partial charge on any atom is -0.373 e. The van der Waals surface area contributed by atoms with Crippen molar-refractivity contribution in [1.29, 1.82) is 0 Å². The Hall–Kier alpha value is 0.980. The Kier molecular flexibility index (Phi) is 4.90. The third-order valence-electron chi connectivity index (χ3n) is 3.37. The highest BCUT2D eigenvalue weighted by molar-refractivity contribution is 8.07. The van der Waals surface area contributed by atoms with Crippen LogP contribution in [-0.4, -0.2) is 60.6 Å². The second kappa shape index (κ2) is 7.07. The quantitative estimate of drug-likeness (QED) is 0.573. The first kappa shape index (κ1) is 15.3. The van der Waals surface area contributed by atoms with Crippen molar-refractivity contribution in [2.24, 2.45) is 0 Å². The Morgan fingerprint density at radius 2 is 1.23 bits per heavy atom. The molecule has 0 aliphatic carbocycles. The minimum absolute atomic E-state index is 0.169. The summed E-state index contributed by atoms with van der Waals surface area (Å²) in [5.41, 5.74) is 0. The number of rotatable bonds is 0. The maximum atomic E-state index is 10.2. The molecule has 2 unspecified atom stereocenters. The molecule has 0 aromatic heterocycles. The summed E-state index contributed by atoms with van der Waals surface area (Å²) < 4.78 is 47.4. The van der Waals surface area contributed by atoms with E-state index in [1.54, 1.807) is 0 Å². The topological polar surface area (TPSA) is 95.8 Å². The van der Waals surface area contributed by atoms with Gasteiger partial charge in [-0.2, -0.15) is 0 Å². The third kappa shape index (κ3) is 4.53. The molecule has 3 rings (SSSR count). The fourth-order valence-electron chi connectivity index (χ4n) is 2.28. The molecular formula is C10H18O8P2S2. The van der Waals surface area contributed by atoms with Crippen LogP contribution < -0.4 is 0 Å². The van der Waals surface area contributed by atoms with Gasteiger partial charge >= 0.3 is 13.4 Å². The molecule has 22 heavy (non-hydrogen) atoms. The molecule has 0 radical (unpaired) electrons. The molecule has 0 amide bonds. The number of hydrogen-bond donors (Lipinski definition) is 2. The minimum atomic E-state index is -3.60. The van der Waals surface area contributed by atoms with Crippen molar-refractivity contribution in [3.8, 4) is 0 Å². The molecule has 3 heterocycles. The lowest BCUT2D eigenvalue weighted by Crippen LogP contribution is -2.32. The zero-order valence-corrected chi connectivity index (χ0v) is 14.8. The van der Waals surface area contributed by atoms with E-state index in [2.05, 4.69) is 0 Å². The van der Waals surface area contributed by atoms with Crippen LogP contribution in [0.15, 0.2) is 0 Å². The van der Waals surface area contributed by atoms with Crippen LogP contribution in [0.25, 0.3) is 0 Å². The first-order valence-corrected chi connectivity index (χ1v) is 11.8. The van der Waals surface area contributed by atoms with Crippen LogP contribution in [0.3, 0.4) is 0 Å². The Balaban J connectivity index is 1.79. The smallest absolute Gasteiger partial charge is 0.324 e. The van der Waals surface area contributed by atoms with Crippen LogP contribution in [0, 0.1) is 0 Å². The Morgan fingerprint density at radius 1 is 0.818 bits per heavy atom. The number of hydrogen-bond acceptors (Lipinski definition) is 8. The summed E-state index contributed by atoms with van der Waals surface area (Å²) in [5, 5.41) is 0. The van der Waals surface area contributed by atoms with Gasteiger partial charge in [-0.15, -0.1) is 0 Å². The molecule has 0 aromatic carbocycles. The lowest BCUT2D eigenvalue weighted by atomic mass is 10.2. The van der Waals surface area contributed by atoms with E-state index in [1.807, 2.05) is 0 Å². The maximum Gasteiger partial charge on any atom is 0.324 e. The summed E-state index contributed by atoms with van der Waals surface area (Å²) in [6, 6.07) is 0. The molecule has 0 aromatic rings. The van der Waals surface area contributed by atoms with Gasteiger partial charge in [0.2, 0.25) is 0 Å². The van der Waals surface area contributed by atoms with Crippen LogP contribution in [0.2, 0.25) is 0 Å². The first-order valence-electron chi connectivity index (χ1n) is 7.76. The third-order valence-corrected chi connectivity index (χ3v) is 6.54. The van der Waals surface area contributed by atoms with Crippen LogP contribution in [0.4, 0.5) is 0 Å². The second-order valence-corrected chi connectivity index (χ2v) is 10.6. The Labute approximate surface area is 141 Å². The molecule has 2 N–H and O–H groups in total. The monoisotopic (exact) mass is 396 g/mol. The second-order valence-electron chi connectivity index (χ2n) is 4.97. The molecule has 3 saturated heterocycles. The van der Waals surface area contributed by atoms with E-state index >= 15 is 0 Å². The van der Waals surface area contributed by atoms with Crippen molar-refractivity contribution in [2.45, 2.75) is 37.3 Å². The summed E-state index contributed by atoms with van der Waals surface area (Å²) in [6.45, 7) is -9.28. The van der Waals surface area contributed by atoms with Crippen LogP contribution in [0.5, 0.6) is 0 Å². The van der Waals surface area contributed by atoms with E-state index in [9.17, 15) is 9.79 Å². The van der Waals surface area contributed by atoms with Gasteiger partial charge in [-0.1, -0.05) is 0 Å². The van der Waals surface area contributed by atoms with E-state index in [0.717, 1.165) is 0 Å². The average molecular weight is 396 g/mol. The van der Waals surface area contributed by atoms with Gasteiger partial charge in [0.25, 0.3) is 0 Å². The van der Waals surface area contributed by atoms with Gasteiger partial charge in [0.15, 0.2) is 0 Å². The van der Waals surface area contributed by atoms with E-state index in [0.29, 0.717) is 0 Å². The van der Waals surface area contributed by atoms with E-state index < -0.39 is 51.0 Å². The Morgan fingerprint density at radius 3 is 1.64 bits per heavy atom. The molecular weight excluding hydrogens is 374 g/mol. The van der Waals surface area contributed by atoms with Crippen molar-refractivity contribution in [3.63, 3.8) is 0 Å². The molecule has 3 aliphatic rings. The highest BCUT2D eigenvalue weighted by Crippen LogP contribution is 2.51. The molecule has 128 valence electrons. The van der Waals surface area contributed by atoms with Gasteiger partial charge in [0.05, 0.1) is 28.2 Å². The summed E-state index contributed by atoms with van der Waals surface area (Å²) >= 11 is 9.96. The van der Waals surface area contributed by atoms with Gasteiger partial charge in [0.1, 0.15) is 12.2 Å². The van der Waals surface area contributed by atoms with Gasteiger partial charge in [-0.3, -0.25) is 0 Å². The molecule has 8 atom stereocenters. The molecule has 3 fully saturated rings.